The lowest BCUT2D eigenvalue weighted by atomic mass is 9.76. The van der Waals surface area contributed by atoms with Crippen molar-refractivity contribution in [1.29, 1.82) is 0 Å². The van der Waals surface area contributed by atoms with Crippen LogP contribution in [0.5, 0.6) is 0 Å². The summed E-state index contributed by atoms with van der Waals surface area (Å²) in [6.45, 7) is 9.27. The predicted molar refractivity (Wildman–Crippen MR) is 145 cm³/mol. The second-order valence-electron chi connectivity index (χ2n) is 9.82. The van der Waals surface area contributed by atoms with Crippen LogP contribution in [0.4, 0.5) is 0 Å². The first kappa shape index (κ1) is 22.4. The Labute approximate surface area is 213 Å². The van der Waals surface area contributed by atoms with Crippen LogP contribution in [-0.2, 0) is 21.4 Å². The smallest absolute Gasteiger partial charge is 0.241 e. The normalized spacial score (nSPS) is 17.7. The minimum absolute atomic E-state index is 0.185. The highest BCUT2D eigenvalue weighted by Gasteiger charge is 2.43. The van der Waals surface area contributed by atoms with E-state index in [4.69, 9.17) is 12.2 Å². The molecule has 6 rings (SSSR count). The third-order valence-electron chi connectivity index (χ3n) is 7.64. The van der Waals surface area contributed by atoms with Crippen molar-refractivity contribution in [1.82, 2.24) is 14.4 Å². The Morgan fingerprint density at radius 1 is 0.914 bits per heavy atom. The zero-order valence-electron chi connectivity index (χ0n) is 20.3. The molecule has 0 atom stereocenters. The lowest BCUT2D eigenvalue weighted by molar-refractivity contribution is -0.146. The molecule has 5 nitrogen and oxygen atoms in total. The molecule has 2 amide bonds. The fourth-order valence-electron chi connectivity index (χ4n) is 5.80. The number of thiocarbonyl (C=S) groups is 1. The SMILES string of the molecule is CCN1C(=O)C(Cc2cc3c(s2)-n2c4ccccc4c4cccc(c42)C3(C)C)C(=O)N(CC)C1=S. The number of carbonyl (C=O) groups is 2. The average molecular weight is 502 g/mol. The van der Waals surface area contributed by atoms with Crippen molar-refractivity contribution in [2.45, 2.75) is 39.5 Å². The molecule has 4 aromatic rings. The van der Waals surface area contributed by atoms with Crippen molar-refractivity contribution in [3.05, 3.63) is 64.5 Å². The highest BCUT2D eigenvalue weighted by molar-refractivity contribution is 7.80. The molecule has 0 radical (unpaired) electrons. The van der Waals surface area contributed by atoms with Gasteiger partial charge >= 0.3 is 0 Å². The first-order valence-corrected chi connectivity index (χ1v) is 13.3. The van der Waals surface area contributed by atoms with Gasteiger partial charge in [0.1, 0.15) is 10.9 Å². The highest BCUT2D eigenvalue weighted by atomic mass is 32.1. The van der Waals surface area contributed by atoms with Gasteiger partial charge in [-0.15, -0.1) is 11.3 Å². The molecular formula is C28H27N3O2S2. The fourth-order valence-corrected chi connectivity index (χ4v) is 7.62. The van der Waals surface area contributed by atoms with Crippen molar-refractivity contribution in [3.63, 3.8) is 0 Å². The van der Waals surface area contributed by atoms with Crippen LogP contribution in [0.25, 0.3) is 26.8 Å². The number of hydrogen-bond acceptors (Lipinski definition) is 4. The van der Waals surface area contributed by atoms with Crippen LogP contribution in [0, 0.1) is 5.92 Å². The number of fused-ring (bicyclic) bond motifs is 5. The maximum atomic E-state index is 13.3. The summed E-state index contributed by atoms with van der Waals surface area (Å²) in [6.07, 6.45) is 0.389. The van der Waals surface area contributed by atoms with Crippen molar-refractivity contribution >= 4 is 62.3 Å². The van der Waals surface area contributed by atoms with E-state index >= 15 is 0 Å². The van der Waals surface area contributed by atoms with Crippen molar-refractivity contribution < 1.29 is 9.59 Å². The monoisotopic (exact) mass is 501 g/mol. The van der Waals surface area contributed by atoms with Gasteiger partial charge in [0.05, 0.1) is 11.0 Å². The molecular weight excluding hydrogens is 474 g/mol. The summed E-state index contributed by atoms with van der Waals surface area (Å²) < 4.78 is 2.38. The molecule has 2 aliphatic rings. The van der Waals surface area contributed by atoms with E-state index in [1.807, 2.05) is 13.8 Å². The largest absolute Gasteiger partial charge is 0.300 e. The van der Waals surface area contributed by atoms with Gasteiger partial charge in [0.25, 0.3) is 0 Å². The van der Waals surface area contributed by atoms with Gasteiger partial charge in [0.15, 0.2) is 5.11 Å². The van der Waals surface area contributed by atoms with Crippen LogP contribution in [-0.4, -0.2) is 44.4 Å². The molecule has 2 aromatic heterocycles. The minimum atomic E-state index is -0.742. The number of para-hydroxylation sites is 2. The molecule has 0 saturated carbocycles. The zero-order chi connectivity index (χ0) is 24.6. The van der Waals surface area contributed by atoms with Crippen molar-refractivity contribution in [2.75, 3.05) is 13.1 Å². The average Bonchev–Trinajstić information content (AvgIpc) is 3.41. The van der Waals surface area contributed by atoms with Gasteiger partial charge in [-0.05, 0) is 49.3 Å². The van der Waals surface area contributed by atoms with E-state index in [9.17, 15) is 9.59 Å². The van der Waals surface area contributed by atoms with E-state index in [1.165, 1.54) is 37.9 Å². The van der Waals surface area contributed by atoms with Crippen LogP contribution in [0.1, 0.15) is 43.7 Å². The molecule has 2 aromatic carbocycles. The fraction of sp³-hybridized carbons (Fsp3) is 0.321. The van der Waals surface area contributed by atoms with Gasteiger partial charge in [-0.3, -0.25) is 19.4 Å². The highest BCUT2D eigenvalue weighted by Crippen LogP contribution is 2.50. The van der Waals surface area contributed by atoms with E-state index < -0.39 is 5.92 Å². The van der Waals surface area contributed by atoms with Gasteiger partial charge < -0.3 is 4.57 Å². The van der Waals surface area contributed by atoms with Crippen LogP contribution >= 0.6 is 23.6 Å². The Balaban J connectivity index is 1.51. The van der Waals surface area contributed by atoms with Gasteiger partial charge in [0, 0.05) is 40.6 Å². The Bertz CT molecular complexity index is 1540. The van der Waals surface area contributed by atoms with E-state index in [2.05, 4.69) is 66.9 Å². The Morgan fingerprint density at radius 3 is 2.26 bits per heavy atom. The molecule has 0 N–H and O–H groups in total. The standard InChI is InChI=1S/C28H27N3O2S2/c1-5-29-24(32)19(25(33)30(6-2)27(29)34)14-16-15-21-26(35-16)31-22-13-8-7-10-17(22)18-11-9-12-20(23(18)31)28(21,3)4/h7-13,15,19H,5-6,14H2,1-4H3. The second-order valence-corrected chi connectivity index (χ2v) is 11.3. The first-order chi connectivity index (χ1) is 16.8. The summed E-state index contributed by atoms with van der Waals surface area (Å²) in [5.41, 5.74) is 4.78. The molecule has 0 bridgehead atoms. The summed E-state index contributed by atoms with van der Waals surface area (Å²) in [4.78, 5) is 30.7. The summed E-state index contributed by atoms with van der Waals surface area (Å²) in [5.74, 6) is -1.11. The molecule has 0 aliphatic carbocycles. The summed E-state index contributed by atoms with van der Waals surface area (Å²) in [5, 5.41) is 4.01. The summed E-state index contributed by atoms with van der Waals surface area (Å²) >= 11 is 7.14. The number of thiophene rings is 1. The van der Waals surface area contributed by atoms with E-state index in [1.54, 1.807) is 21.1 Å². The van der Waals surface area contributed by atoms with Crippen LogP contribution in [0.3, 0.4) is 0 Å². The third-order valence-corrected chi connectivity index (χ3v) is 9.22. The molecule has 178 valence electrons. The summed E-state index contributed by atoms with van der Waals surface area (Å²) in [7, 11) is 0. The van der Waals surface area contributed by atoms with Gasteiger partial charge in [-0.2, -0.15) is 0 Å². The molecule has 35 heavy (non-hydrogen) atoms. The van der Waals surface area contributed by atoms with Gasteiger partial charge in [-0.25, -0.2) is 0 Å². The molecule has 1 saturated heterocycles. The number of benzene rings is 2. The number of carbonyl (C=O) groups excluding carboxylic acids is 2. The Kier molecular flexibility index (Phi) is 4.96. The maximum absolute atomic E-state index is 13.3. The topological polar surface area (TPSA) is 45.6 Å². The predicted octanol–water partition coefficient (Wildman–Crippen LogP) is 5.64. The second kappa shape index (κ2) is 7.73. The molecule has 0 spiro atoms. The van der Waals surface area contributed by atoms with E-state index in [0.29, 0.717) is 24.6 Å². The van der Waals surface area contributed by atoms with Crippen LogP contribution < -0.4 is 0 Å². The maximum Gasteiger partial charge on any atom is 0.241 e. The summed E-state index contributed by atoms with van der Waals surface area (Å²) in [6, 6.07) is 17.3. The van der Waals surface area contributed by atoms with Crippen LogP contribution in [0.2, 0.25) is 0 Å². The number of amides is 2. The molecule has 1 fully saturated rings. The number of nitrogens with zero attached hydrogens (tertiary/aromatic N) is 3. The minimum Gasteiger partial charge on any atom is -0.300 e. The molecule has 0 unspecified atom stereocenters. The number of hydrogen-bond donors (Lipinski definition) is 0. The van der Waals surface area contributed by atoms with Crippen molar-refractivity contribution in [3.8, 4) is 5.00 Å². The van der Waals surface area contributed by atoms with E-state index in [-0.39, 0.29) is 17.2 Å². The first-order valence-electron chi connectivity index (χ1n) is 12.1. The lowest BCUT2D eigenvalue weighted by Crippen LogP contribution is -2.59. The zero-order valence-corrected chi connectivity index (χ0v) is 21.9. The molecule has 7 heteroatoms. The number of aromatic nitrogens is 1. The molecule has 4 heterocycles. The van der Waals surface area contributed by atoms with Gasteiger partial charge in [-0.1, -0.05) is 50.2 Å². The van der Waals surface area contributed by atoms with E-state index in [0.717, 1.165) is 4.88 Å². The van der Waals surface area contributed by atoms with Crippen molar-refractivity contribution in [2.24, 2.45) is 5.92 Å². The van der Waals surface area contributed by atoms with Crippen LogP contribution in [0.15, 0.2) is 48.5 Å². The lowest BCUT2D eigenvalue weighted by Gasteiger charge is -2.38. The van der Waals surface area contributed by atoms with Gasteiger partial charge in [0.2, 0.25) is 11.8 Å². The number of rotatable bonds is 4. The third kappa shape index (κ3) is 2.94. The molecule has 2 aliphatic heterocycles. The quantitative estimate of drug-likeness (QED) is 0.269. The Morgan fingerprint density at radius 2 is 1.57 bits per heavy atom. The Hall–Kier alpha value is -3.03.